The molecule has 3 saturated carbocycles. The summed E-state index contributed by atoms with van der Waals surface area (Å²) in [7, 11) is 2.52. The molecular weight excluding hydrogens is 862 g/mol. The Morgan fingerprint density at radius 3 is 1.75 bits per heavy atom. The first-order chi connectivity index (χ1) is 31.4. The lowest BCUT2D eigenvalue weighted by Crippen LogP contribution is -2.54. The number of carbonyl (C=O) groups is 4. The van der Waals surface area contributed by atoms with Crippen molar-refractivity contribution in [1.29, 1.82) is 0 Å². The van der Waals surface area contributed by atoms with Gasteiger partial charge in [-0.3, -0.25) is 9.59 Å². The molecule has 10 rings (SSSR count). The van der Waals surface area contributed by atoms with Gasteiger partial charge in [0.1, 0.15) is 34.6 Å². The van der Waals surface area contributed by atoms with Crippen molar-refractivity contribution >= 4 is 35.6 Å². The average Bonchev–Trinajstić information content (AvgIpc) is 3.97. The number of nitrogens with one attached hydrogen (secondary N) is 4. The van der Waals surface area contributed by atoms with Crippen molar-refractivity contribution < 1.29 is 42.2 Å². The molecule has 2 aromatic heterocycles. The van der Waals surface area contributed by atoms with Crippen LogP contribution >= 0.6 is 11.6 Å². The van der Waals surface area contributed by atoms with Crippen LogP contribution in [0.1, 0.15) is 87.9 Å². The number of benzene rings is 2. The number of ether oxygens (including phenoxy) is 3. The number of rotatable bonds is 11. The molecule has 6 aliphatic rings. The number of likely N-dealkylation sites (tertiary alicyclic amines) is 2. The molecule has 0 spiro atoms. The predicted octanol–water partition coefficient (Wildman–Crippen LogP) is 7.81. The van der Waals surface area contributed by atoms with Crippen LogP contribution in [0.15, 0.2) is 54.7 Å². The topological polar surface area (TPSA) is 184 Å². The van der Waals surface area contributed by atoms with E-state index < -0.39 is 36.1 Å². The van der Waals surface area contributed by atoms with Crippen LogP contribution in [0, 0.1) is 23.7 Å². The van der Waals surface area contributed by atoms with E-state index in [-0.39, 0.29) is 67.6 Å². The lowest BCUT2D eigenvalue weighted by atomic mass is 9.81. The van der Waals surface area contributed by atoms with Gasteiger partial charge in [-0.15, -0.1) is 0 Å². The van der Waals surface area contributed by atoms with Crippen LogP contribution < -0.4 is 10.6 Å². The van der Waals surface area contributed by atoms with Gasteiger partial charge < -0.3 is 44.6 Å². The number of alkyl carbamates (subject to hydrolysis) is 2. The fraction of sp³-hybridized carbons (Fsp3) is 0.532. The Hall–Kier alpha value is -5.55. The molecule has 65 heavy (non-hydrogen) atoms. The zero-order valence-electron chi connectivity index (χ0n) is 36.2. The van der Waals surface area contributed by atoms with Gasteiger partial charge in [0.25, 0.3) is 0 Å². The molecule has 0 radical (unpaired) electrons. The van der Waals surface area contributed by atoms with E-state index in [1.54, 1.807) is 6.20 Å². The minimum Gasteiger partial charge on any atom is -0.453 e. The molecular formula is C47H53ClF2N8O7. The Bertz CT molecular complexity index is 2430. The van der Waals surface area contributed by atoms with Crippen LogP contribution in [0.5, 0.6) is 0 Å². The summed E-state index contributed by atoms with van der Waals surface area (Å²) in [4.78, 5) is 73.4. The summed E-state index contributed by atoms with van der Waals surface area (Å²) in [5, 5.41) is 5.89. The quantitative estimate of drug-likeness (QED) is 0.117. The highest BCUT2D eigenvalue weighted by Crippen LogP contribution is 2.55. The van der Waals surface area contributed by atoms with Crippen LogP contribution in [0.25, 0.3) is 33.6 Å². The van der Waals surface area contributed by atoms with Crippen molar-refractivity contribution in [2.75, 3.05) is 27.4 Å². The zero-order chi connectivity index (χ0) is 45.1. The molecule has 344 valence electrons. The molecule has 3 aliphatic carbocycles. The van der Waals surface area contributed by atoms with E-state index in [1.165, 1.54) is 14.2 Å². The summed E-state index contributed by atoms with van der Waals surface area (Å²) in [5.74, 6) is -1.71. The van der Waals surface area contributed by atoms with E-state index in [9.17, 15) is 28.0 Å². The van der Waals surface area contributed by atoms with Gasteiger partial charge in [-0.1, -0.05) is 60.1 Å². The predicted molar refractivity (Wildman–Crippen MR) is 233 cm³/mol. The number of amides is 4. The summed E-state index contributed by atoms with van der Waals surface area (Å²) in [6.07, 6.45) is 4.59. The third kappa shape index (κ3) is 8.57. The van der Waals surface area contributed by atoms with Gasteiger partial charge in [0, 0.05) is 43.7 Å². The normalized spacial score (nSPS) is 26.7. The van der Waals surface area contributed by atoms with E-state index in [2.05, 4.69) is 20.6 Å². The Morgan fingerprint density at radius 2 is 1.22 bits per heavy atom. The molecule has 2 aromatic carbocycles. The van der Waals surface area contributed by atoms with E-state index in [1.807, 2.05) is 58.3 Å². The van der Waals surface area contributed by atoms with Gasteiger partial charge in [0.05, 0.1) is 38.2 Å². The second-order valence-corrected chi connectivity index (χ2v) is 19.0. The Balaban J connectivity index is 0.814. The number of piperidine rings is 2. The first-order valence-electron chi connectivity index (χ1n) is 22.7. The van der Waals surface area contributed by atoms with Crippen LogP contribution in [0.4, 0.5) is 18.4 Å². The van der Waals surface area contributed by atoms with Crippen LogP contribution in [0.2, 0.25) is 5.15 Å². The fourth-order valence-corrected chi connectivity index (χ4v) is 11.2. The molecule has 6 fully saturated rings. The first-order valence-corrected chi connectivity index (χ1v) is 23.1. The number of carbonyl (C=O) groups excluding carboxylic acids is 4. The standard InChI is InChI=1S/C47H53ClF2N8O7/c1-63-45(61)54-38(28-11-15-47(49,50)16-12-28)43(59)57-33-19-30(33)21-35(57)41-51-23-32(52-41)26-7-3-24(4-8-26)25-5-9-27(10-6-25)37-40(48)56-42(53-37)36-22-31-20-34(31)58(36)44(60)39(55-46(62)64-2)29-13-17-65-18-14-29/h3-10,23,28-31,33-36,38-39H,11-22H2,1-2H3,(H,51,52)(H,53,56)(H,54,61)(H,55,62)/t30-,31-,33-,34-,35+,36+,38+,39+/m1/s1. The Kier molecular flexibility index (Phi) is 11.6. The van der Waals surface area contributed by atoms with Crippen molar-refractivity contribution in [1.82, 2.24) is 40.4 Å². The molecule has 8 atom stereocenters. The highest BCUT2D eigenvalue weighted by Gasteiger charge is 2.58. The maximum atomic E-state index is 14.3. The second kappa shape index (κ2) is 17.3. The number of nitrogens with zero attached hydrogens (tertiary/aromatic N) is 4. The zero-order valence-corrected chi connectivity index (χ0v) is 37.0. The minimum absolute atomic E-state index is 0.0159. The number of imidazole rings is 2. The Labute approximate surface area is 379 Å². The largest absolute Gasteiger partial charge is 0.453 e. The van der Waals surface area contributed by atoms with Crippen molar-refractivity contribution in [3.8, 4) is 33.6 Å². The molecule has 5 heterocycles. The number of fused-ring (bicyclic) bond motifs is 2. The molecule has 3 saturated heterocycles. The highest BCUT2D eigenvalue weighted by molar-refractivity contribution is 6.32. The van der Waals surface area contributed by atoms with E-state index in [0.29, 0.717) is 60.4 Å². The molecule has 4 N–H and O–H groups in total. The van der Waals surface area contributed by atoms with Crippen LogP contribution in [-0.4, -0.2) is 111 Å². The maximum Gasteiger partial charge on any atom is 0.407 e. The fourth-order valence-electron chi connectivity index (χ4n) is 11.0. The van der Waals surface area contributed by atoms with Gasteiger partial charge in [0.15, 0.2) is 0 Å². The van der Waals surface area contributed by atoms with Crippen LogP contribution in [0.3, 0.4) is 0 Å². The average molecular weight is 915 g/mol. The van der Waals surface area contributed by atoms with Gasteiger partial charge in [0.2, 0.25) is 17.7 Å². The van der Waals surface area contributed by atoms with Crippen molar-refractivity contribution in [2.45, 2.75) is 106 Å². The second-order valence-electron chi connectivity index (χ2n) is 18.6. The number of aromatic amines is 2. The third-order valence-corrected chi connectivity index (χ3v) is 15.0. The van der Waals surface area contributed by atoms with Gasteiger partial charge >= 0.3 is 12.2 Å². The lowest BCUT2D eigenvalue weighted by molar-refractivity contribution is -0.139. The summed E-state index contributed by atoms with van der Waals surface area (Å²) < 4.78 is 43.4. The number of aromatic nitrogens is 4. The van der Waals surface area contributed by atoms with E-state index in [4.69, 9.17) is 35.8 Å². The summed E-state index contributed by atoms with van der Waals surface area (Å²) in [6, 6.07) is 13.8. The monoisotopic (exact) mass is 914 g/mol. The number of H-pyrrole nitrogens is 2. The summed E-state index contributed by atoms with van der Waals surface area (Å²) in [6.45, 7) is 1.07. The molecule has 0 bridgehead atoms. The van der Waals surface area contributed by atoms with Crippen LogP contribution in [-0.2, 0) is 23.8 Å². The summed E-state index contributed by atoms with van der Waals surface area (Å²) in [5.41, 5.74) is 5.08. The van der Waals surface area contributed by atoms with Crippen molar-refractivity contribution in [3.05, 3.63) is 71.5 Å². The van der Waals surface area contributed by atoms with Crippen molar-refractivity contribution in [3.63, 3.8) is 0 Å². The Morgan fingerprint density at radius 1 is 0.723 bits per heavy atom. The molecule has 0 unspecified atom stereocenters. The van der Waals surface area contributed by atoms with E-state index in [0.717, 1.165) is 53.6 Å². The number of hydrogen-bond donors (Lipinski definition) is 4. The molecule has 18 heteroatoms. The minimum atomic E-state index is -2.77. The smallest absolute Gasteiger partial charge is 0.407 e. The number of hydrogen-bond acceptors (Lipinski definition) is 9. The third-order valence-electron chi connectivity index (χ3n) is 14.7. The van der Waals surface area contributed by atoms with Gasteiger partial charge in [-0.2, -0.15) is 0 Å². The SMILES string of the molecule is COC(=O)N[C@H](C(=O)N1[C@@H]2C[C@@H]2C[C@H]1c1ncc(-c2ccc(-c3ccc(-c4nc([C@@H]5C[C@H]6C[C@H]6N5C(=O)[C@@H](NC(=O)OC)C5CCOCC5)[nH]c4Cl)cc3)cc2)[nH]1)C1CCC(F)(F)CC1. The molecule has 4 aromatic rings. The number of methoxy groups -OCH3 is 2. The molecule has 15 nitrogen and oxygen atoms in total. The van der Waals surface area contributed by atoms with Crippen molar-refractivity contribution in [2.24, 2.45) is 23.7 Å². The summed E-state index contributed by atoms with van der Waals surface area (Å²) >= 11 is 6.81. The van der Waals surface area contributed by atoms with Gasteiger partial charge in [-0.05, 0) is 91.7 Å². The van der Waals surface area contributed by atoms with E-state index >= 15 is 0 Å². The maximum absolute atomic E-state index is 14.3. The molecule has 3 aliphatic heterocycles. The first kappa shape index (κ1) is 43.3. The highest BCUT2D eigenvalue weighted by atomic mass is 35.5. The number of alkyl halides is 2. The lowest BCUT2D eigenvalue weighted by Gasteiger charge is -2.37. The number of halogens is 3. The van der Waals surface area contributed by atoms with Gasteiger partial charge in [-0.25, -0.2) is 28.3 Å². The molecule has 4 amide bonds.